The van der Waals surface area contributed by atoms with Gasteiger partial charge in [-0.05, 0) is 94.2 Å². The number of sulfonamides is 1. The number of hydrogen-bond acceptors (Lipinski definition) is 4. The topological polar surface area (TPSA) is 95.6 Å². The van der Waals surface area contributed by atoms with E-state index in [1.165, 1.54) is 6.92 Å². The van der Waals surface area contributed by atoms with Crippen molar-refractivity contribution in [1.82, 2.24) is 4.72 Å². The quantitative estimate of drug-likeness (QED) is 0.621. The molecule has 2 aromatic rings. The predicted molar refractivity (Wildman–Crippen MR) is 138 cm³/mol. The molecule has 0 bridgehead atoms. The number of hydrogen-bond donors (Lipinski definition) is 2. The number of carbonyl (C=O) groups excluding carboxylic acids is 2. The molecular formula is C27H35N3O4S. The Morgan fingerprint density at radius 3 is 2.40 bits per heavy atom. The average molecular weight is 498 g/mol. The Labute approximate surface area is 208 Å². The van der Waals surface area contributed by atoms with Gasteiger partial charge in [0.1, 0.15) is 0 Å². The van der Waals surface area contributed by atoms with Crippen LogP contribution in [0, 0.1) is 25.7 Å². The summed E-state index contributed by atoms with van der Waals surface area (Å²) in [5, 5.41) is 3.06. The molecule has 8 heteroatoms. The Balaban J connectivity index is 1.30. The van der Waals surface area contributed by atoms with Crippen molar-refractivity contribution in [2.45, 2.75) is 70.7 Å². The second kappa shape index (κ2) is 10.1. The standard InChI is InChI=1S/C27H35N3O4S/c1-17-5-11-25(18(2)13-17)29-27(32)22-8-6-21(7-9-22)16-28-35(33,34)24-10-12-26-23(15-24)14-19(3)30(26)20(4)31/h5,10-13,15,19,21-22,28H,6-9,14,16H2,1-4H3,(H,29,32)/t19-,21?,22?/m0/s1. The SMILES string of the molecule is CC(=O)N1c2ccc(S(=O)(=O)NCC3CCC(C(=O)Nc4ccc(C)cc4C)CC3)cc2C[C@@H]1C. The van der Waals surface area contributed by atoms with E-state index < -0.39 is 10.0 Å². The summed E-state index contributed by atoms with van der Waals surface area (Å²) in [4.78, 5) is 26.6. The summed E-state index contributed by atoms with van der Waals surface area (Å²) >= 11 is 0. The predicted octanol–water partition coefficient (Wildman–Crippen LogP) is 4.32. The number of nitrogens with zero attached hydrogens (tertiary/aromatic N) is 1. The normalized spacial score (nSPS) is 22.1. The van der Waals surface area contributed by atoms with Gasteiger partial charge >= 0.3 is 0 Å². The van der Waals surface area contributed by atoms with Gasteiger partial charge in [-0.15, -0.1) is 0 Å². The van der Waals surface area contributed by atoms with E-state index in [9.17, 15) is 18.0 Å². The second-order valence-electron chi connectivity index (χ2n) is 10.1. The number of benzene rings is 2. The molecule has 2 aromatic carbocycles. The lowest BCUT2D eigenvalue weighted by Crippen LogP contribution is -2.34. The minimum Gasteiger partial charge on any atom is -0.326 e. The summed E-state index contributed by atoms with van der Waals surface area (Å²) in [5.41, 5.74) is 4.74. The van der Waals surface area contributed by atoms with Crippen molar-refractivity contribution in [1.29, 1.82) is 0 Å². The van der Waals surface area contributed by atoms with Crippen LogP contribution in [0.15, 0.2) is 41.3 Å². The molecule has 0 saturated heterocycles. The lowest BCUT2D eigenvalue weighted by molar-refractivity contribution is -0.121. The lowest BCUT2D eigenvalue weighted by atomic mass is 9.81. The molecule has 0 aromatic heterocycles. The van der Waals surface area contributed by atoms with Crippen LogP contribution in [0.4, 0.5) is 11.4 Å². The monoisotopic (exact) mass is 497 g/mol. The van der Waals surface area contributed by atoms with E-state index in [4.69, 9.17) is 0 Å². The van der Waals surface area contributed by atoms with Gasteiger partial charge in [0.25, 0.3) is 0 Å². The third kappa shape index (κ3) is 5.59. The Hall–Kier alpha value is -2.71. The third-order valence-corrected chi connectivity index (χ3v) is 8.76. The largest absolute Gasteiger partial charge is 0.326 e. The van der Waals surface area contributed by atoms with Gasteiger partial charge in [0.05, 0.1) is 4.90 Å². The molecule has 1 aliphatic heterocycles. The maximum atomic E-state index is 12.9. The first-order valence-electron chi connectivity index (χ1n) is 12.4. The van der Waals surface area contributed by atoms with Crippen molar-refractivity contribution < 1.29 is 18.0 Å². The van der Waals surface area contributed by atoms with E-state index in [2.05, 4.69) is 16.1 Å². The maximum absolute atomic E-state index is 12.9. The average Bonchev–Trinajstić information content (AvgIpc) is 3.15. The Kier molecular flexibility index (Phi) is 7.33. The maximum Gasteiger partial charge on any atom is 0.240 e. The van der Waals surface area contributed by atoms with Crippen LogP contribution >= 0.6 is 0 Å². The van der Waals surface area contributed by atoms with E-state index >= 15 is 0 Å². The van der Waals surface area contributed by atoms with E-state index in [0.29, 0.717) is 13.0 Å². The van der Waals surface area contributed by atoms with Crippen LogP contribution in [0.1, 0.15) is 56.2 Å². The van der Waals surface area contributed by atoms with Gasteiger partial charge < -0.3 is 10.2 Å². The molecule has 188 valence electrons. The number of amides is 2. The molecule has 1 heterocycles. The highest BCUT2D eigenvalue weighted by Crippen LogP contribution is 2.34. The van der Waals surface area contributed by atoms with Crippen LogP contribution in [0.2, 0.25) is 0 Å². The highest BCUT2D eigenvalue weighted by atomic mass is 32.2. The molecule has 2 N–H and O–H groups in total. The van der Waals surface area contributed by atoms with Crippen LogP contribution in [-0.4, -0.2) is 32.8 Å². The summed E-state index contributed by atoms with van der Waals surface area (Å²) < 4.78 is 28.7. The molecule has 2 amide bonds. The van der Waals surface area contributed by atoms with E-state index in [-0.39, 0.29) is 34.6 Å². The van der Waals surface area contributed by atoms with Crippen molar-refractivity contribution >= 4 is 33.2 Å². The summed E-state index contributed by atoms with van der Waals surface area (Å²) in [5.74, 6) is 0.162. The van der Waals surface area contributed by atoms with Gasteiger partial charge in [0, 0.05) is 36.8 Å². The second-order valence-corrected chi connectivity index (χ2v) is 11.9. The van der Waals surface area contributed by atoms with Gasteiger partial charge in [-0.2, -0.15) is 0 Å². The molecule has 2 aliphatic rings. The molecule has 1 aliphatic carbocycles. The van der Waals surface area contributed by atoms with Gasteiger partial charge in [0.2, 0.25) is 21.8 Å². The van der Waals surface area contributed by atoms with E-state index in [1.54, 1.807) is 23.1 Å². The fourth-order valence-electron chi connectivity index (χ4n) is 5.38. The number of carbonyl (C=O) groups is 2. The van der Waals surface area contributed by atoms with Crippen LogP contribution in [0.3, 0.4) is 0 Å². The zero-order valence-electron chi connectivity index (χ0n) is 20.9. The van der Waals surface area contributed by atoms with E-state index in [0.717, 1.165) is 53.7 Å². The zero-order chi connectivity index (χ0) is 25.3. The summed E-state index contributed by atoms with van der Waals surface area (Å²) in [6, 6.07) is 11.0. The van der Waals surface area contributed by atoms with Gasteiger partial charge in [-0.1, -0.05) is 17.7 Å². The highest BCUT2D eigenvalue weighted by Gasteiger charge is 2.31. The van der Waals surface area contributed by atoms with Crippen molar-refractivity contribution in [3.05, 3.63) is 53.1 Å². The molecule has 0 spiro atoms. The first-order valence-corrected chi connectivity index (χ1v) is 13.8. The van der Waals surface area contributed by atoms with Crippen LogP contribution in [0.5, 0.6) is 0 Å². The Morgan fingerprint density at radius 2 is 1.74 bits per heavy atom. The molecule has 0 radical (unpaired) electrons. The number of anilines is 2. The van der Waals surface area contributed by atoms with Gasteiger partial charge in [0.15, 0.2) is 0 Å². The number of rotatable bonds is 6. The minimum absolute atomic E-state index is 0.0238. The molecule has 35 heavy (non-hydrogen) atoms. The molecule has 1 fully saturated rings. The number of nitrogens with one attached hydrogen (secondary N) is 2. The third-order valence-electron chi connectivity index (χ3n) is 7.34. The fraction of sp³-hybridized carbons (Fsp3) is 0.481. The van der Waals surface area contributed by atoms with Crippen molar-refractivity contribution in [3.63, 3.8) is 0 Å². The first kappa shape index (κ1) is 25.4. The van der Waals surface area contributed by atoms with Crippen LogP contribution < -0.4 is 14.9 Å². The van der Waals surface area contributed by atoms with Crippen molar-refractivity contribution in [3.8, 4) is 0 Å². The van der Waals surface area contributed by atoms with Gasteiger partial charge in [-0.25, -0.2) is 13.1 Å². The Bertz CT molecular complexity index is 1230. The molecule has 1 atom stereocenters. The lowest BCUT2D eigenvalue weighted by Gasteiger charge is -2.28. The summed E-state index contributed by atoms with van der Waals surface area (Å²) in [7, 11) is -3.65. The summed E-state index contributed by atoms with van der Waals surface area (Å²) in [6.45, 7) is 7.88. The Morgan fingerprint density at radius 1 is 1.03 bits per heavy atom. The highest BCUT2D eigenvalue weighted by molar-refractivity contribution is 7.89. The van der Waals surface area contributed by atoms with Crippen LogP contribution in [0.25, 0.3) is 0 Å². The van der Waals surface area contributed by atoms with Gasteiger partial charge in [-0.3, -0.25) is 9.59 Å². The van der Waals surface area contributed by atoms with Crippen molar-refractivity contribution in [2.75, 3.05) is 16.8 Å². The molecule has 1 saturated carbocycles. The number of fused-ring (bicyclic) bond motifs is 1. The molecular weight excluding hydrogens is 462 g/mol. The minimum atomic E-state index is -3.65. The summed E-state index contributed by atoms with van der Waals surface area (Å²) in [6.07, 6.45) is 3.76. The first-order chi connectivity index (χ1) is 16.5. The fourth-order valence-corrected chi connectivity index (χ4v) is 6.55. The zero-order valence-corrected chi connectivity index (χ0v) is 21.7. The smallest absolute Gasteiger partial charge is 0.240 e. The molecule has 4 rings (SSSR count). The number of aryl methyl sites for hydroxylation is 2. The van der Waals surface area contributed by atoms with E-state index in [1.807, 2.05) is 32.9 Å². The van der Waals surface area contributed by atoms with Crippen molar-refractivity contribution in [2.24, 2.45) is 11.8 Å². The molecule has 7 nitrogen and oxygen atoms in total. The van der Waals surface area contributed by atoms with Crippen LogP contribution in [-0.2, 0) is 26.0 Å². The molecule has 0 unspecified atom stereocenters.